The van der Waals surface area contributed by atoms with Crippen molar-refractivity contribution in [2.45, 2.75) is 18.9 Å². The van der Waals surface area contributed by atoms with Crippen LogP contribution >= 0.6 is 0 Å². The van der Waals surface area contributed by atoms with Crippen LogP contribution in [-0.2, 0) is 14.4 Å². The second kappa shape index (κ2) is 8.56. The lowest BCUT2D eigenvalue weighted by molar-refractivity contribution is -0.384. The van der Waals surface area contributed by atoms with Gasteiger partial charge in [-0.15, -0.1) is 0 Å². The molecular formula is C21H18N2O7. The molecular weight excluding hydrogens is 392 g/mol. The highest BCUT2D eigenvalue weighted by Crippen LogP contribution is 2.39. The number of amides is 1. The fourth-order valence-electron chi connectivity index (χ4n) is 3.39. The number of non-ortho nitro benzene ring substituents is 1. The summed E-state index contributed by atoms with van der Waals surface area (Å²) in [6.07, 6.45) is -0.0914. The van der Waals surface area contributed by atoms with Crippen LogP contribution in [0.1, 0.15) is 30.0 Å². The Labute approximate surface area is 171 Å². The van der Waals surface area contributed by atoms with Gasteiger partial charge in [-0.05, 0) is 24.1 Å². The van der Waals surface area contributed by atoms with E-state index in [-0.39, 0.29) is 36.4 Å². The summed E-state index contributed by atoms with van der Waals surface area (Å²) < 4.78 is 0. The average molecular weight is 410 g/mol. The molecule has 2 aromatic carbocycles. The van der Waals surface area contributed by atoms with Crippen LogP contribution in [0, 0.1) is 10.1 Å². The van der Waals surface area contributed by atoms with E-state index in [1.165, 1.54) is 29.2 Å². The number of likely N-dealkylation sites (tertiary alicyclic amines) is 1. The highest BCUT2D eigenvalue weighted by molar-refractivity contribution is 6.46. The van der Waals surface area contributed by atoms with Crippen molar-refractivity contribution in [1.82, 2.24) is 4.90 Å². The SMILES string of the molecule is O=C(O)CCCN1C(=O)C(=O)/C(=C(/O)c2ccccc2)[C@H]1c1ccc([N+](=O)[O-])cc1. The predicted octanol–water partition coefficient (Wildman–Crippen LogP) is 2.88. The zero-order chi connectivity index (χ0) is 21.8. The van der Waals surface area contributed by atoms with Gasteiger partial charge in [0.25, 0.3) is 17.4 Å². The van der Waals surface area contributed by atoms with Gasteiger partial charge in [-0.2, -0.15) is 0 Å². The van der Waals surface area contributed by atoms with Gasteiger partial charge in [-0.3, -0.25) is 24.5 Å². The van der Waals surface area contributed by atoms with E-state index in [4.69, 9.17) is 5.11 Å². The van der Waals surface area contributed by atoms with Crippen molar-refractivity contribution in [1.29, 1.82) is 0 Å². The number of nitro groups is 1. The maximum Gasteiger partial charge on any atom is 0.303 e. The molecule has 9 heteroatoms. The number of aliphatic hydroxyl groups is 1. The molecule has 154 valence electrons. The Hall–Kier alpha value is -4.01. The molecule has 1 amide bonds. The van der Waals surface area contributed by atoms with Crippen LogP contribution in [0.15, 0.2) is 60.2 Å². The lowest BCUT2D eigenvalue weighted by Crippen LogP contribution is -2.31. The standard InChI is InChI=1S/C21H18N2O7/c24-16(25)7-4-12-22-18(13-8-10-15(11-9-13)23(29)30)17(20(27)21(22)28)19(26)14-5-2-1-3-6-14/h1-3,5-6,8-11,18,26H,4,7,12H2,(H,24,25)/b19-17+/t18-/m1/s1. The first-order valence-corrected chi connectivity index (χ1v) is 9.11. The smallest absolute Gasteiger partial charge is 0.303 e. The van der Waals surface area contributed by atoms with Crippen molar-refractivity contribution >= 4 is 29.1 Å². The molecule has 1 fully saturated rings. The Balaban J connectivity index is 2.09. The molecule has 1 atom stereocenters. The molecule has 0 unspecified atom stereocenters. The Kier molecular flexibility index (Phi) is 5.91. The van der Waals surface area contributed by atoms with E-state index >= 15 is 0 Å². The molecule has 0 radical (unpaired) electrons. The van der Waals surface area contributed by atoms with E-state index in [0.29, 0.717) is 11.1 Å². The number of carboxylic acids is 1. The molecule has 30 heavy (non-hydrogen) atoms. The summed E-state index contributed by atoms with van der Waals surface area (Å²) >= 11 is 0. The van der Waals surface area contributed by atoms with Crippen LogP contribution in [0.4, 0.5) is 5.69 Å². The van der Waals surface area contributed by atoms with Crippen molar-refractivity contribution in [3.8, 4) is 0 Å². The van der Waals surface area contributed by atoms with Crippen LogP contribution in [0.25, 0.3) is 5.76 Å². The summed E-state index contributed by atoms with van der Waals surface area (Å²) in [6.45, 7) is -0.0237. The maximum absolute atomic E-state index is 12.8. The van der Waals surface area contributed by atoms with Crippen LogP contribution in [0.3, 0.4) is 0 Å². The van der Waals surface area contributed by atoms with Gasteiger partial charge in [0.15, 0.2) is 0 Å². The van der Waals surface area contributed by atoms with Crippen LogP contribution in [-0.4, -0.2) is 44.2 Å². The zero-order valence-electron chi connectivity index (χ0n) is 15.7. The number of ketones is 1. The molecule has 1 aliphatic heterocycles. The van der Waals surface area contributed by atoms with Gasteiger partial charge in [0.1, 0.15) is 5.76 Å². The normalized spacial score (nSPS) is 17.9. The van der Waals surface area contributed by atoms with Crippen LogP contribution in [0.2, 0.25) is 0 Å². The Morgan fingerprint density at radius 1 is 1.03 bits per heavy atom. The molecule has 0 bridgehead atoms. The van der Waals surface area contributed by atoms with Crippen LogP contribution in [0.5, 0.6) is 0 Å². The van der Waals surface area contributed by atoms with Gasteiger partial charge in [0, 0.05) is 30.7 Å². The van der Waals surface area contributed by atoms with Crippen molar-refractivity contribution in [2.75, 3.05) is 6.54 Å². The van der Waals surface area contributed by atoms with E-state index in [0.717, 1.165) is 0 Å². The Morgan fingerprint density at radius 2 is 1.67 bits per heavy atom. The van der Waals surface area contributed by atoms with E-state index < -0.39 is 28.6 Å². The first-order chi connectivity index (χ1) is 14.3. The number of nitro benzene ring substituents is 1. The number of hydrogen-bond acceptors (Lipinski definition) is 6. The highest BCUT2D eigenvalue weighted by Gasteiger charge is 2.45. The first-order valence-electron chi connectivity index (χ1n) is 9.11. The third kappa shape index (κ3) is 4.04. The molecule has 0 saturated carbocycles. The summed E-state index contributed by atoms with van der Waals surface area (Å²) in [6, 6.07) is 12.6. The minimum Gasteiger partial charge on any atom is -0.507 e. The van der Waals surface area contributed by atoms with Gasteiger partial charge >= 0.3 is 5.97 Å². The number of rotatable bonds is 7. The predicted molar refractivity (Wildman–Crippen MR) is 105 cm³/mol. The summed E-state index contributed by atoms with van der Waals surface area (Å²) in [4.78, 5) is 47.8. The first kappa shape index (κ1) is 20.7. The Bertz CT molecular complexity index is 1030. The fourth-order valence-corrected chi connectivity index (χ4v) is 3.39. The number of aliphatic hydroxyl groups excluding tert-OH is 1. The summed E-state index contributed by atoms with van der Waals surface area (Å²) in [5, 5.41) is 30.6. The molecule has 0 aromatic heterocycles. The topological polar surface area (TPSA) is 138 Å². The molecule has 1 saturated heterocycles. The van der Waals surface area contributed by atoms with Gasteiger partial charge in [0.05, 0.1) is 16.5 Å². The lowest BCUT2D eigenvalue weighted by Gasteiger charge is -2.25. The van der Waals surface area contributed by atoms with E-state index in [9.17, 15) is 29.6 Å². The summed E-state index contributed by atoms with van der Waals surface area (Å²) in [5.74, 6) is -3.16. The van der Waals surface area contributed by atoms with Gasteiger partial charge in [-0.1, -0.05) is 30.3 Å². The fraction of sp³-hybridized carbons (Fsp3) is 0.190. The lowest BCUT2D eigenvalue weighted by atomic mass is 9.95. The number of carbonyl (C=O) groups excluding carboxylic acids is 2. The quantitative estimate of drug-likeness (QED) is 0.235. The van der Waals surface area contributed by atoms with Gasteiger partial charge in [0.2, 0.25) is 0 Å². The second-order valence-corrected chi connectivity index (χ2v) is 6.70. The van der Waals surface area contributed by atoms with Crippen LogP contribution < -0.4 is 0 Å². The maximum atomic E-state index is 12.8. The zero-order valence-corrected chi connectivity index (χ0v) is 15.7. The van der Waals surface area contributed by atoms with Crippen molar-refractivity contribution in [3.05, 3.63) is 81.4 Å². The van der Waals surface area contributed by atoms with Crippen molar-refractivity contribution in [2.24, 2.45) is 0 Å². The third-order valence-electron chi connectivity index (χ3n) is 4.80. The number of nitrogens with zero attached hydrogens (tertiary/aromatic N) is 2. The van der Waals surface area contributed by atoms with E-state index in [2.05, 4.69) is 0 Å². The van der Waals surface area contributed by atoms with E-state index in [1.54, 1.807) is 30.3 Å². The number of Topliss-reactive ketones (excluding diaryl/α,β-unsaturated/α-hetero) is 1. The highest BCUT2D eigenvalue weighted by atomic mass is 16.6. The monoisotopic (exact) mass is 410 g/mol. The molecule has 2 N–H and O–H groups in total. The molecule has 0 aliphatic carbocycles. The number of aliphatic carboxylic acids is 1. The molecule has 3 rings (SSSR count). The molecule has 1 heterocycles. The molecule has 1 aliphatic rings. The number of benzene rings is 2. The average Bonchev–Trinajstić information content (AvgIpc) is 2.98. The van der Waals surface area contributed by atoms with Crippen molar-refractivity contribution < 1.29 is 29.5 Å². The Morgan fingerprint density at radius 3 is 2.23 bits per heavy atom. The molecule has 9 nitrogen and oxygen atoms in total. The minimum atomic E-state index is -1.04. The second-order valence-electron chi connectivity index (χ2n) is 6.70. The van der Waals surface area contributed by atoms with E-state index in [1.807, 2.05) is 0 Å². The summed E-state index contributed by atoms with van der Waals surface area (Å²) in [5.41, 5.74) is 0.431. The third-order valence-corrected chi connectivity index (χ3v) is 4.80. The number of carbonyl (C=O) groups is 3. The largest absolute Gasteiger partial charge is 0.507 e. The number of hydrogen-bond donors (Lipinski definition) is 2. The van der Waals surface area contributed by atoms with Gasteiger partial charge in [-0.25, -0.2) is 0 Å². The minimum absolute atomic E-state index is 0.0237. The molecule has 2 aromatic rings. The number of carboxylic acid groups (broad SMARTS) is 1. The molecule has 0 spiro atoms. The van der Waals surface area contributed by atoms with Crippen molar-refractivity contribution in [3.63, 3.8) is 0 Å². The summed E-state index contributed by atoms with van der Waals surface area (Å²) in [7, 11) is 0. The van der Waals surface area contributed by atoms with Gasteiger partial charge < -0.3 is 15.1 Å².